The fourth-order valence-corrected chi connectivity index (χ4v) is 2.56. The van der Waals surface area contributed by atoms with Crippen LogP contribution < -0.4 is 9.47 Å². The molecule has 0 aliphatic carbocycles. The highest BCUT2D eigenvalue weighted by atomic mass is 19.4. The average Bonchev–Trinajstić information content (AvgIpc) is 3.12. The summed E-state index contributed by atoms with van der Waals surface area (Å²) in [5.74, 6) is 0.0165. The third kappa shape index (κ3) is 3.70. The van der Waals surface area contributed by atoms with E-state index in [1.807, 2.05) is 0 Å². The molecule has 0 atom stereocenters. The van der Waals surface area contributed by atoms with E-state index in [1.54, 1.807) is 32.2 Å². The zero-order valence-corrected chi connectivity index (χ0v) is 13.6. The first-order valence-electron chi connectivity index (χ1n) is 7.49. The molecule has 1 aromatic heterocycles. The van der Waals surface area contributed by atoms with E-state index in [1.165, 1.54) is 10.7 Å². The largest absolute Gasteiger partial charge is 0.454 e. The fraction of sp³-hybridized carbons (Fsp3) is 0.375. The number of nitrogens with zero attached hydrogens (tertiary/aromatic N) is 3. The number of hydrogen-bond donors (Lipinski definition) is 0. The van der Waals surface area contributed by atoms with Crippen molar-refractivity contribution in [2.24, 2.45) is 7.05 Å². The summed E-state index contributed by atoms with van der Waals surface area (Å²) in [6, 6.07) is 6.36. The lowest BCUT2D eigenvalue weighted by Gasteiger charge is -2.23. The van der Waals surface area contributed by atoms with Crippen LogP contribution in [0.25, 0.3) is 0 Å². The molecule has 1 aliphatic heterocycles. The average molecular weight is 355 g/mol. The highest BCUT2D eigenvalue weighted by Crippen LogP contribution is 2.36. The number of fused-ring (bicyclic) bond motifs is 1. The predicted molar refractivity (Wildman–Crippen MR) is 81.3 cm³/mol. The van der Waals surface area contributed by atoms with Crippen molar-refractivity contribution in [3.8, 4) is 11.5 Å². The second-order valence-corrected chi connectivity index (χ2v) is 5.72. The van der Waals surface area contributed by atoms with E-state index >= 15 is 0 Å². The summed E-state index contributed by atoms with van der Waals surface area (Å²) < 4.78 is 50.9. The minimum Gasteiger partial charge on any atom is -0.454 e. The van der Waals surface area contributed by atoms with Crippen molar-refractivity contribution in [3.63, 3.8) is 0 Å². The number of alkyl halides is 3. The summed E-state index contributed by atoms with van der Waals surface area (Å²) in [5, 5.41) is 3.98. The number of ether oxygens (including phenoxy) is 2. The fourth-order valence-electron chi connectivity index (χ4n) is 2.56. The van der Waals surface area contributed by atoms with Crippen molar-refractivity contribution in [3.05, 3.63) is 41.2 Å². The van der Waals surface area contributed by atoms with Crippen molar-refractivity contribution in [2.75, 3.05) is 13.3 Å². The molecule has 9 heteroatoms. The molecule has 0 fully saturated rings. The summed E-state index contributed by atoms with van der Waals surface area (Å²) in [7, 11) is 1.62. The van der Waals surface area contributed by atoms with Gasteiger partial charge in [0.25, 0.3) is 5.91 Å². The van der Waals surface area contributed by atoms with Crippen LogP contribution >= 0.6 is 0 Å². The number of hydrogen-bond acceptors (Lipinski definition) is 4. The first-order chi connectivity index (χ1) is 11.7. The number of carbonyl (C=O) groups excluding carboxylic acids is 1. The van der Waals surface area contributed by atoms with E-state index in [9.17, 15) is 18.0 Å². The molecular formula is C16H16F3N3O3. The van der Waals surface area contributed by atoms with E-state index < -0.39 is 18.6 Å². The van der Waals surface area contributed by atoms with Crippen LogP contribution in [-0.2, 0) is 13.6 Å². The number of aryl methyl sites for hydroxylation is 2. The van der Waals surface area contributed by atoms with Gasteiger partial charge in [-0.2, -0.15) is 18.3 Å². The number of benzene rings is 1. The highest BCUT2D eigenvalue weighted by molar-refractivity contribution is 5.92. The normalized spacial score (nSPS) is 13.2. The van der Waals surface area contributed by atoms with Gasteiger partial charge in [0.2, 0.25) is 6.79 Å². The van der Waals surface area contributed by atoms with Gasteiger partial charge in [-0.25, -0.2) is 0 Å². The van der Waals surface area contributed by atoms with E-state index in [-0.39, 0.29) is 19.0 Å². The molecule has 3 rings (SSSR count). The van der Waals surface area contributed by atoms with Crippen molar-refractivity contribution < 1.29 is 27.4 Å². The molecule has 25 heavy (non-hydrogen) atoms. The van der Waals surface area contributed by atoms with Gasteiger partial charge < -0.3 is 14.4 Å². The molecule has 0 unspecified atom stereocenters. The maximum absolute atomic E-state index is 13.0. The molecule has 1 aromatic carbocycles. The SMILES string of the molecule is Cc1cc(C(=O)N(Cc2cccc3c2OCO3)CC(F)(F)F)nn1C. The number of halogens is 3. The topological polar surface area (TPSA) is 56.6 Å². The van der Waals surface area contributed by atoms with Gasteiger partial charge in [0.1, 0.15) is 6.54 Å². The Hall–Kier alpha value is -2.71. The lowest BCUT2D eigenvalue weighted by atomic mass is 10.1. The summed E-state index contributed by atoms with van der Waals surface area (Å²) in [6.45, 7) is 0.0681. The van der Waals surface area contributed by atoms with Crippen LogP contribution in [0.2, 0.25) is 0 Å². The zero-order chi connectivity index (χ0) is 18.2. The van der Waals surface area contributed by atoms with Crippen LogP contribution in [0.1, 0.15) is 21.7 Å². The Morgan fingerprint density at radius 3 is 2.76 bits per heavy atom. The van der Waals surface area contributed by atoms with Crippen molar-refractivity contribution in [1.29, 1.82) is 0 Å². The molecule has 0 bridgehead atoms. The van der Waals surface area contributed by atoms with E-state index in [0.29, 0.717) is 27.7 Å². The maximum atomic E-state index is 13.0. The Labute approximate surface area is 141 Å². The molecule has 6 nitrogen and oxygen atoms in total. The number of rotatable bonds is 4. The van der Waals surface area contributed by atoms with E-state index in [0.717, 1.165) is 0 Å². The highest BCUT2D eigenvalue weighted by Gasteiger charge is 2.35. The van der Waals surface area contributed by atoms with Gasteiger partial charge in [-0.05, 0) is 19.1 Å². The van der Waals surface area contributed by atoms with Crippen LogP contribution in [0.3, 0.4) is 0 Å². The van der Waals surface area contributed by atoms with Gasteiger partial charge in [-0.3, -0.25) is 9.48 Å². The summed E-state index contributed by atoms with van der Waals surface area (Å²) in [6.07, 6.45) is -4.53. The Bertz CT molecular complexity index is 782. The van der Waals surface area contributed by atoms with Gasteiger partial charge in [0.05, 0.1) is 6.54 Å². The number of amides is 1. The second-order valence-electron chi connectivity index (χ2n) is 5.72. The monoisotopic (exact) mass is 355 g/mol. The molecule has 0 N–H and O–H groups in total. The molecule has 1 amide bonds. The van der Waals surface area contributed by atoms with Gasteiger partial charge in [0, 0.05) is 18.3 Å². The third-order valence-corrected chi connectivity index (χ3v) is 3.83. The Kier molecular flexibility index (Phi) is 4.32. The van der Waals surface area contributed by atoms with Crippen molar-refractivity contribution in [1.82, 2.24) is 14.7 Å². The molecule has 1 aliphatic rings. The number of carbonyl (C=O) groups is 1. The Morgan fingerprint density at radius 1 is 1.36 bits per heavy atom. The summed E-state index contributed by atoms with van der Waals surface area (Å²) >= 11 is 0. The minimum atomic E-state index is -4.53. The molecule has 2 heterocycles. The molecule has 2 aromatic rings. The first-order valence-corrected chi connectivity index (χ1v) is 7.49. The van der Waals surface area contributed by atoms with Crippen LogP contribution in [0.4, 0.5) is 13.2 Å². The van der Waals surface area contributed by atoms with E-state index in [2.05, 4.69) is 5.10 Å². The molecule has 0 saturated carbocycles. The minimum absolute atomic E-state index is 0.000993. The molecule has 0 radical (unpaired) electrons. The van der Waals surface area contributed by atoms with Crippen LogP contribution in [0.5, 0.6) is 11.5 Å². The summed E-state index contributed by atoms with van der Waals surface area (Å²) in [4.78, 5) is 13.3. The van der Waals surface area contributed by atoms with Crippen LogP contribution in [-0.4, -0.2) is 40.1 Å². The predicted octanol–water partition coefficient (Wildman–Crippen LogP) is 2.66. The second kappa shape index (κ2) is 6.30. The van der Waals surface area contributed by atoms with Gasteiger partial charge >= 0.3 is 6.18 Å². The number of para-hydroxylation sites is 1. The third-order valence-electron chi connectivity index (χ3n) is 3.83. The van der Waals surface area contributed by atoms with Gasteiger partial charge in [0.15, 0.2) is 17.2 Å². The lowest BCUT2D eigenvalue weighted by molar-refractivity contribution is -0.141. The smallest absolute Gasteiger partial charge is 0.406 e. The molecular weight excluding hydrogens is 339 g/mol. The zero-order valence-electron chi connectivity index (χ0n) is 13.6. The van der Waals surface area contributed by atoms with Crippen molar-refractivity contribution >= 4 is 5.91 Å². The first kappa shape index (κ1) is 17.1. The maximum Gasteiger partial charge on any atom is 0.406 e. The van der Waals surface area contributed by atoms with Crippen LogP contribution in [0.15, 0.2) is 24.3 Å². The molecule has 134 valence electrons. The number of aromatic nitrogens is 2. The Morgan fingerprint density at radius 2 is 2.12 bits per heavy atom. The standard InChI is InChI=1S/C16H16F3N3O3/c1-10-6-12(20-21(10)2)15(23)22(8-16(17,18)19)7-11-4-3-5-13-14(11)25-9-24-13/h3-6H,7-9H2,1-2H3. The van der Waals surface area contributed by atoms with Crippen LogP contribution in [0, 0.1) is 6.92 Å². The lowest BCUT2D eigenvalue weighted by Crippen LogP contribution is -2.38. The quantitative estimate of drug-likeness (QED) is 0.846. The summed E-state index contributed by atoms with van der Waals surface area (Å²) in [5.41, 5.74) is 1.09. The van der Waals surface area contributed by atoms with Gasteiger partial charge in [-0.15, -0.1) is 0 Å². The Balaban J connectivity index is 1.90. The van der Waals surface area contributed by atoms with Gasteiger partial charge in [-0.1, -0.05) is 12.1 Å². The van der Waals surface area contributed by atoms with E-state index in [4.69, 9.17) is 9.47 Å². The molecule has 0 spiro atoms. The van der Waals surface area contributed by atoms with Crippen molar-refractivity contribution in [2.45, 2.75) is 19.6 Å². The molecule has 0 saturated heterocycles.